The van der Waals surface area contributed by atoms with Gasteiger partial charge in [0.15, 0.2) is 0 Å². The number of hydrogen-bond acceptors (Lipinski definition) is 5. The fourth-order valence-corrected chi connectivity index (χ4v) is 1.57. The van der Waals surface area contributed by atoms with Crippen LogP contribution in [0.5, 0.6) is 11.8 Å². The van der Waals surface area contributed by atoms with Crippen molar-refractivity contribution in [1.82, 2.24) is 9.78 Å². The molecule has 0 fully saturated rings. The summed E-state index contributed by atoms with van der Waals surface area (Å²) in [5.74, 6) is -0.0421. The van der Waals surface area contributed by atoms with Crippen molar-refractivity contribution in [2.24, 2.45) is 0 Å². The van der Waals surface area contributed by atoms with Gasteiger partial charge in [0, 0.05) is 0 Å². The highest BCUT2D eigenvalue weighted by atomic mass is 16.6. The van der Waals surface area contributed by atoms with Crippen molar-refractivity contribution in [2.75, 3.05) is 13.7 Å². The van der Waals surface area contributed by atoms with E-state index in [2.05, 4.69) is 5.10 Å². The lowest BCUT2D eigenvalue weighted by Crippen LogP contribution is -2.15. The Kier molecular flexibility index (Phi) is 3.36. The lowest BCUT2D eigenvalue weighted by Gasteiger charge is -2.09. The first-order chi connectivity index (χ1) is 8.65. The molecule has 96 valence electrons. The van der Waals surface area contributed by atoms with Crippen LogP contribution in [-0.2, 0) is 0 Å². The monoisotopic (exact) mass is 250 g/mol. The molecular formula is C12H14N2O4. The number of rotatable bonds is 4. The van der Waals surface area contributed by atoms with Crippen LogP contribution in [0.2, 0.25) is 0 Å². The second-order valence-corrected chi connectivity index (χ2v) is 3.65. The summed E-state index contributed by atoms with van der Waals surface area (Å²) in [6.07, 6.45) is -0.0797. The minimum absolute atomic E-state index is 0.0797. The predicted octanol–water partition coefficient (Wildman–Crippen LogP) is 1.54. The maximum absolute atomic E-state index is 11.7. The van der Waals surface area contributed by atoms with Gasteiger partial charge in [-0.1, -0.05) is 11.2 Å². The Morgan fingerprint density at radius 3 is 2.83 bits per heavy atom. The molecule has 0 saturated heterocycles. The summed E-state index contributed by atoms with van der Waals surface area (Å²) in [7, 11) is 1.38. The SMILES string of the molecule is CCOc1ccc(C)cc1-n1nc(OC)oc1=O. The van der Waals surface area contributed by atoms with Crippen molar-refractivity contribution < 1.29 is 13.9 Å². The third kappa shape index (κ3) is 2.22. The molecule has 0 atom stereocenters. The van der Waals surface area contributed by atoms with Crippen LogP contribution in [0.25, 0.3) is 5.69 Å². The van der Waals surface area contributed by atoms with Crippen molar-refractivity contribution >= 4 is 0 Å². The van der Waals surface area contributed by atoms with E-state index in [-0.39, 0.29) is 6.08 Å². The molecule has 0 aliphatic rings. The van der Waals surface area contributed by atoms with Crippen LogP contribution in [0.15, 0.2) is 27.4 Å². The van der Waals surface area contributed by atoms with Crippen LogP contribution in [-0.4, -0.2) is 23.5 Å². The summed E-state index contributed by atoms with van der Waals surface area (Å²) in [5.41, 5.74) is 1.52. The van der Waals surface area contributed by atoms with E-state index in [0.717, 1.165) is 10.2 Å². The molecule has 0 N–H and O–H groups in total. The van der Waals surface area contributed by atoms with Gasteiger partial charge in [0.1, 0.15) is 11.4 Å². The van der Waals surface area contributed by atoms with Crippen molar-refractivity contribution in [3.63, 3.8) is 0 Å². The number of ether oxygens (including phenoxy) is 2. The van der Waals surface area contributed by atoms with Crippen molar-refractivity contribution in [1.29, 1.82) is 0 Å². The molecule has 0 amide bonds. The Morgan fingerprint density at radius 1 is 1.44 bits per heavy atom. The summed E-state index contributed by atoms with van der Waals surface area (Å²) in [6.45, 7) is 4.29. The van der Waals surface area contributed by atoms with Gasteiger partial charge in [-0.15, -0.1) is 0 Å². The van der Waals surface area contributed by atoms with Crippen LogP contribution < -0.4 is 15.2 Å². The van der Waals surface area contributed by atoms with E-state index in [0.29, 0.717) is 18.0 Å². The molecule has 0 aliphatic carbocycles. The van der Waals surface area contributed by atoms with Gasteiger partial charge in [0.2, 0.25) is 0 Å². The second-order valence-electron chi connectivity index (χ2n) is 3.65. The molecule has 1 aromatic carbocycles. The van der Waals surface area contributed by atoms with E-state index in [9.17, 15) is 4.79 Å². The quantitative estimate of drug-likeness (QED) is 0.823. The Balaban J connectivity index is 2.57. The lowest BCUT2D eigenvalue weighted by atomic mass is 10.2. The minimum Gasteiger partial charge on any atom is -0.492 e. The largest absolute Gasteiger partial charge is 0.492 e. The van der Waals surface area contributed by atoms with E-state index in [1.54, 1.807) is 12.1 Å². The molecule has 0 spiro atoms. The standard InChI is InChI=1S/C12H14N2O4/c1-4-17-10-6-5-8(2)7-9(10)14-12(15)18-11(13-14)16-3/h5-7H,4H2,1-3H3. The van der Waals surface area contributed by atoms with Crippen LogP contribution in [0, 0.1) is 6.92 Å². The second kappa shape index (κ2) is 4.95. The number of hydrogen-bond donors (Lipinski definition) is 0. The van der Waals surface area contributed by atoms with E-state index in [1.165, 1.54) is 7.11 Å². The summed E-state index contributed by atoms with van der Waals surface area (Å²) < 4.78 is 16.2. The van der Waals surface area contributed by atoms with E-state index >= 15 is 0 Å². The van der Waals surface area contributed by atoms with E-state index in [1.807, 2.05) is 19.9 Å². The molecule has 2 aromatic rings. The van der Waals surface area contributed by atoms with Gasteiger partial charge in [-0.05, 0) is 31.5 Å². The van der Waals surface area contributed by atoms with Gasteiger partial charge in [-0.3, -0.25) is 0 Å². The van der Waals surface area contributed by atoms with Gasteiger partial charge in [0.25, 0.3) is 0 Å². The summed E-state index contributed by atoms with van der Waals surface area (Å²) in [4.78, 5) is 11.7. The molecule has 2 rings (SSSR count). The average molecular weight is 250 g/mol. The molecule has 0 radical (unpaired) electrons. The van der Waals surface area contributed by atoms with Crippen molar-refractivity contribution in [3.05, 3.63) is 34.3 Å². The molecule has 6 nitrogen and oxygen atoms in total. The molecule has 1 aromatic heterocycles. The topological polar surface area (TPSA) is 66.5 Å². The van der Waals surface area contributed by atoms with Crippen molar-refractivity contribution in [3.8, 4) is 17.5 Å². The van der Waals surface area contributed by atoms with E-state index < -0.39 is 5.76 Å². The smallest absolute Gasteiger partial charge is 0.444 e. The number of aromatic nitrogens is 2. The molecule has 1 heterocycles. The summed E-state index contributed by atoms with van der Waals surface area (Å²) in [5, 5.41) is 3.92. The third-order valence-corrected chi connectivity index (χ3v) is 2.35. The number of benzene rings is 1. The Morgan fingerprint density at radius 2 is 2.22 bits per heavy atom. The highest BCUT2D eigenvalue weighted by Crippen LogP contribution is 2.23. The first kappa shape index (κ1) is 12.2. The first-order valence-corrected chi connectivity index (χ1v) is 5.53. The zero-order valence-corrected chi connectivity index (χ0v) is 10.5. The maximum Gasteiger partial charge on any atom is 0.444 e. The highest BCUT2D eigenvalue weighted by molar-refractivity contribution is 5.48. The average Bonchev–Trinajstić information content (AvgIpc) is 2.73. The summed E-state index contributed by atoms with van der Waals surface area (Å²) >= 11 is 0. The molecule has 0 saturated carbocycles. The molecular weight excluding hydrogens is 236 g/mol. The van der Waals surface area contributed by atoms with E-state index in [4.69, 9.17) is 13.9 Å². The number of aryl methyl sites for hydroxylation is 1. The third-order valence-electron chi connectivity index (χ3n) is 2.35. The first-order valence-electron chi connectivity index (χ1n) is 5.53. The zero-order chi connectivity index (χ0) is 13.1. The maximum atomic E-state index is 11.7. The molecule has 0 aliphatic heterocycles. The number of methoxy groups -OCH3 is 1. The molecule has 6 heteroatoms. The molecule has 18 heavy (non-hydrogen) atoms. The van der Waals surface area contributed by atoms with Gasteiger partial charge < -0.3 is 13.9 Å². The van der Waals surface area contributed by atoms with Crippen LogP contribution in [0.3, 0.4) is 0 Å². The number of nitrogens with zero attached hydrogens (tertiary/aromatic N) is 2. The van der Waals surface area contributed by atoms with Crippen LogP contribution in [0.4, 0.5) is 0 Å². The van der Waals surface area contributed by atoms with Crippen LogP contribution >= 0.6 is 0 Å². The van der Waals surface area contributed by atoms with Crippen molar-refractivity contribution in [2.45, 2.75) is 13.8 Å². The normalized spacial score (nSPS) is 10.4. The fraction of sp³-hybridized carbons (Fsp3) is 0.333. The van der Waals surface area contributed by atoms with Gasteiger partial charge in [-0.25, -0.2) is 4.79 Å². The van der Waals surface area contributed by atoms with Gasteiger partial charge in [-0.2, -0.15) is 4.68 Å². The minimum atomic E-state index is -0.613. The highest BCUT2D eigenvalue weighted by Gasteiger charge is 2.14. The Labute approximate surface area is 104 Å². The molecule has 0 bridgehead atoms. The lowest BCUT2D eigenvalue weighted by molar-refractivity contribution is 0.282. The Bertz CT molecular complexity index is 600. The summed E-state index contributed by atoms with van der Waals surface area (Å²) in [6, 6.07) is 5.49. The van der Waals surface area contributed by atoms with Gasteiger partial charge >= 0.3 is 11.8 Å². The Hall–Kier alpha value is -2.24. The molecule has 0 unspecified atom stereocenters. The van der Waals surface area contributed by atoms with Gasteiger partial charge in [0.05, 0.1) is 13.7 Å². The zero-order valence-electron chi connectivity index (χ0n) is 10.5. The predicted molar refractivity (Wildman–Crippen MR) is 64.6 cm³/mol. The van der Waals surface area contributed by atoms with Crippen LogP contribution in [0.1, 0.15) is 12.5 Å². The fourth-order valence-electron chi connectivity index (χ4n) is 1.57.